The summed E-state index contributed by atoms with van der Waals surface area (Å²) in [6.07, 6.45) is 1.62. The van der Waals surface area contributed by atoms with E-state index >= 15 is 0 Å². The first kappa shape index (κ1) is 21.4. The molecule has 1 aliphatic heterocycles. The number of aliphatic carboxylic acids is 1. The smallest absolute Gasteiger partial charge is 0.328 e. The van der Waals surface area contributed by atoms with Crippen molar-refractivity contribution >= 4 is 21.9 Å². The van der Waals surface area contributed by atoms with E-state index in [4.69, 9.17) is 0 Å². The monoisotopic (exact) mass is 396 g/mol. The van der Waals surface area contributed by atoms with E-state index in [0.717, 1.165) is 12.8 Å². The van der Waals surface area contributed by atoms with Crippen molar-refractivity contribution in [2.45, 2.75) is 57.9 Å². The van der Waals surface area contributed by atoms with Crippen LogP contribution in [0.1, 0.15) is 55.1 Å². The highest BCUT2D eigenvalue weighted by Crippen LogP contribution is 2.28. The second-order valence-electron chi connectivity index (χ2n) is 7.89. The average molecular weight is 397 g/mol. The molecule has 1 fully saturated rings. The van der Waals surface area contributed by atoms with Gasteiger partial charge in [-0.05, 0) is 69.7 Å². The largest absolute Gasteiger partial charge is 0.480 e. The number of carbonyl (C=O) groups is 2. The van der Waals surface area contributed by atoms with Crippen LogP contribution in [-0.2, 0) is 14.8 Å². The lowest BCUT2D eigenvalue weighted by Gasteiger charge is -2.30. The van der Waals surface area contributed by atoms with Gasteiger partial charge in [0.2, 0.25) is 10.0 Å². The van der Waals surface area contributed by atoms with Crippen molar-refractivity contribution in [3.05, 3.63) is 28.8 Å². The standard InChI is InChI=1S/C19H28N2O5S/c1-12-6-8-21(9-7-12)27(25,26)16-11-15(10-13(2)14(16)3)17(22)20-19(4,5)18(23)24/h10-12H,6-9H2,1-5H3,(H,20,22)(H,23,24). The third-order valence-electron chi connectivity index (χ3n) is 5.20. The van der Waals surface area contributed by atoms with Gasteiger partial charge in [-0.1, -0.05) is 6.92 Å². The Hall–Kier alpha value is -1.93. The van der Waals surface area contributed by atoms with E-state index < -0.39 is 27.4 Å². The van der Waals surface area contributed by atoms with Crippen LogP contribution in [0.2, 0.25) is 0 Å². The van der Waals surface area contributed by atoms with E-state index in [9.17, 15) is 23.1 Å². The SMILES string of the molecule is Cc1cc(C(=O)NC(C)(C)C(=O)O)cc(S(=O)(=O)N2CCC(C)CC2)c1C. The van der Waals surface area contributed by atoms with Crippen molar-refractivity contribution in [1.82, 2.24) is 9.62 Å². The molecule has 7 nitrogen and oxygen atoms in total. The number of hydrogen-bond acceptors (Lipinski definition) is 4. The number of carbonyl (C=O) groups excluding carboxylic acids is 1. The minimum atomic E-state index is -3.72. The lowest BCUT2D eigenvalue weighted by Crippen LogP contribution is -2.49. The third-order valence-corrected chi connectivity index (χ3v) is 7.23. The van der Waals surface area contributed by atoms with Crippen LogP contribution in [0.15, 0.2) is 17.0 Å². The molecule has 1 heterocycles. The Balaban J connectivity index is 2.41. The molecule has 2 rings (SSSR count). The summed E-state index contributed by atoms with van der Waals surface area (Å²) in [5.41, 5.74) is -0.0587. The topological polar surface area (TPSA) is 104 Å². The zero-order valence-electron chi connectivity index (χ0n) is 16.5. The first-order chi connectivity index (χ1) is 12.4. The quantitative estimate of drug-likeness (QED) is 0.795. The number of hydrogen-bond donors (Lipinski definition) is 2. The fourth-order valence-electron chi connectivity index (χ4n) is 3.00. The summed E-state index contributed by atoms with van der Waals surface area (Å²) in [7, 11) is -3.72. The number of sulfonamides is 1. The van der Waals surface area contributed by atoms with Gasteiger partial charge in [0.1, 0.15) is 5.54 Å². The molecule has 0 saturated carbocycles. The number of piperidine rings is 1. The molecule has 1 amide bonds. The molecule has 0 aromatic heterocycles. The van der Waals surface area contributed by atoms with Gasteiger partial charge in [-0.2, -0.15) is 4.31 Å². The molecule has 0 unspecified atom stereocenters. The van der Waals surface area contributed by atoms with Gasteiger partial charge in [0.05, 0.1) is 4.90 Å². The van der Waals surface area contributed by atoms with Crippen LogP contribution >= 0.6 is 0 Å². The van der Waals surface area contributed by atoms with E-state index in [-0.39, 0.29) is 10.5 Å². The van der Waals surface area contributed by atoms with E-state index in [1.165, 1.54) is 24.2 Å². The van der Waals surface area contributed by atoms with Crippen molar-refractivity contribution in [1.29, 1.82) is 0 Å². The number of aryl methyl sites for hydroxylation is 1. The van der Waals surface area contributed by atoms with Crippen LogP contribution in [0.5, 0.6) is 0 Å². The Kier molecular flexibility index (Phi) is 6.01. The predicted octanol–water partition coefficient (Wildman–Crippen LogP) is 2.32. The molecule has 27 heavy (non-hydrogen) atoms. The molecule has 0 bridgehead atoms. The van der Waals surface area contributed by atoms with Gasteiger partial charge in [0.15, 0.2) is 0 Å². The molecular weight excluding hydrogens is 368 g/mol. The van der Waals surface area contributed by atoms with Crippen LogP contribution in [0.25, 0.3) is 0 Å². The Morgan fingerprint density at radius 2 is 1.74 bits per heavy atom. The third kappa shape index (κ3) is 4.50. The Morgan fingerprint density at radius 1 is 1.19 bits per heavy atom. The second-order valence-corrected chi connectivity index (χ2v) is 9.79. The molecular formula is C19H28N2O5S. The van der Waals surface area contributed by atoms with Crippen molar-refractivity contribution in [2.24, 2.45) is 5.92 Å². The number of benzene rings is 1. The summed E-state index contributed by atoms with van der Waals surface area (Å²) in [4.78, 5) is 23.9. The van der Waals surface area contributed by atoms with Gasteiger partial charge < -0.3 is 10.4 Å². The van der Waals surface area contributed by atoms with Gasteiger partial charge in [-0.3, -0.25) is 4.79 Å². The number of nitrogens with one attached hydrogen (secondary N) is 1. The van der Waals surface area contributed by atoms with Gasteiger partial charge >= 0.3 is 5.97 Å². The predicted molar refractivity (Wildman–Crippen MR) is 102 cm³/mol. The highest BCUT2D eigenvalue weighted by atomic mass is 32.2. The highest BCUT2D eigenvalue weighted by Gasteiger charge is 2.32. The van der Waals surface area contributed by atoms with Crippen molar-refractivity contribution in [2.75, 3.05) is 13.1 Å². The molecule has 0 spiro atoms. The summed E-state index contributed by atoms with van der Waals surface area (Å²) in [6, 6.07) is 2.93. The van der Waals surface area contributed by atoms with E-state index in [1.54, 1.807) is 19.9 Å². The highest BCUT2D eigenvalue weighted by molar-refractivity contribution is 7.89. The van der Waals surface area contributed by atoms with E-state index in [1.807, 2.05) is 0 Å². The normalized spacial score (nSPS) is 16.9. The molecule has 0 radical (unpaired) electrons. The number of carboxylic acid groups (broad SMARTS) is 1. The summed E-state index contributed by atoms with van der Waals surface area (Å²) in [5, 5.41) is 11.6. The van der Waals surface area contributed by atoms with Crippen molar-refractivity contribution in [3.63, 3.8) is 0 Å². The van der Waals surface area contributed by atoms with E-state index in [2.05, 4.69) is 12.2 Å². The molecule has 1 aromatic rings. The zero-order valence-corrected chi connectivity index (χ0v) is 17.3. The molecule has 2 N–H and O–H groups in total. The van der Waals surface area contributed by atoms with Crippen LogP contribution in [-0.4, -0.2) is 48.3 Å². The minimum absolute atomic E-state index is 0.107. The number of nitrogens with zero attached hydrogens (tertiary/aromatic N) is 1. The van der Waals surface area contributed by atoms with Crippen molar-refractivity contribution in [3.8, 4) is 0 Å². The average Bonchev–Trinajstić information content (AvgIpc) is 2.56. The Bertz CT molecular complexity index is 853. The van der Waals surface area contributed by atoms with Crippen molar-refractivity contribution < 1.29 is 23.1 Å². The number of rotatable bonds is 5. The molecule has 1 aliphatic rings. The first-order valence-corrected chi connectivity index (χ1v) is 10.5. The molecule has 150 valence electrons. The molecule has 1 saturated heterocycles. The lowest BCUT2D eigenvalue weighted by atomic mass is 10.0. The van der Waals surface area contributed by atoms with Gasteiger partial charge in [-0.15, -0.1) is 0 Å². The fraction of sp³-hybridized carbons (Fsp3) is 0.579. The van der Waals surface area contributed by atoms with Gasteiger partial charge in [0, 0.05) is 18.7 Å². The van der Waals surface area contributed by atoms with Gasteiger partial charge in [-0.25, -0.2) is 13.2 Å². The summed E-state index contributed by atoms with van der Waals surface area (Å²) < 4.78 is 27.7. The maximum Gasteiger partial charge on any atom is 0.328 e. The summed E-state index contributed by atoms with van der Waals surface area (Å²) in [6.45, 7) is 9.24. The first-order valence-electron chi connectivity index (χ1n) is 9.03. The lowest BCUT2D eigenvalue weighted by molar-refractivity contribution is -0.143. The van der Waals surface area contributed by atoms with Crippen LogP contribution in [0.4, 0.5) is 0 Å². The summed E-state index contributed by atoms with van der Waals surface area (Å²) >= 11 is 0. The maximum absolute atomic E-state index is 13.1. The molecule has 1 aromatic carbocycles. The van der Waals surface area contributed by atoms with Crippen LogP contribution in [0.3, 0.4) is 0 Å². The molecule has 0 aliphatic carbocycles. The molecule has 8 heteroatoms. The van der Waals surface area contributed by atoms with E-state index in [0.29, 0.717) is 30.1 Å². The second kappa shape index (κ2) is 7.59. The zero-order chi connectivity index (χ0) is 20.6. The Labute approximate surface area is 160 Å². The Morgan fingerprint density at radius 3 is 2.26 bits per heavy atom. The summed E-state index contributed by atoms with van der Waals surface area (Å²) in [5.74, 6) is -1.29. The van der Waals surface area contributed by atoms with Crippen LogP contribution in [0, 0.1) is 19.8 Å². The van der Waals surface area contributed by atoms with Crippen LogP contribution < -0.4 is 5.32 Å². The maximum atomic E-state index is 13.1. The number of amides is 1. The fourth-order valence-corrected chi connectivity index (χ4v) is 4.79. The minimum Gasteiger partial charge on any atom is -0.480 e. The van der Waals surface area contributed by atoms with Gasteiger partial charge in [0.25, 0.3) is 5.91 Å². The molecule has 0 atom stereocenters. The number of carboxylic acids is 1.